The molecule has 0 spiro atoms. The molecule has 0 aromatic heterocycles. The molecule has 1 rings (SSSR count). The van der Waals surface area contributed by atoms with E-state index in [4.69, 9.17) is 4.99 Å². The van der Waals surface area contributed by atoms with Crippen LogP contribution in [0, 0.1) is 5.92 Å². The summed E-state index contributed by atoms with van der Waals surface area (Å²) in [6.07, 6.45) is 12.8. The summed E-state index contributed by atoms with van der Waals surface area (Å²) in [6.45, 7) is 13.6. The molecular formula is C24H44FN5. The monoisotopic (exact) mass is 421 g/mol. The standard InChI is InChI=1S/C24H44FN5/c1-7-9-13-23(8-2)30-18-28-22(16-29-30)12-10-11-19(3)14-20(4)24(25)15-21(5)27-17-26-6/h7,13-14,18-19,21-22,24,26-27,29H,1,8-12,15-17H2,2-6H3. The summed E-state index contributed by atoms with van der Waals surface area (Å²) in [5, 5.41) is 8.32. The first-order chi connectivity index (χ1) is 14.4. The molecule has 0 amide bonds. The Morgan fingerprint density at radius 3 is 2.80 bits per heavy atom. The highest BCUT2D eigenvalue weighted by Gasteiger charge is 2.17. The van der Waals surface area contributed by atoms with E-state index >= 15 is 0 Å². The highest BCUT2D eigenvalue weighted by Crippen LogP contribution is 2.19. The fourth-order valence-corrected chi connectivity index (χ4v) is 3.61. The zero-order valence-electron chi connectivity index (χ0n) is 19.8. The minimum Gasteiger partial charge on any atom is -0.308 e. The lowest BCUT2D eigenvalue weighted by Gasteiger charge is -2.29. The summed E-state index contributed by atoms with van der Waals surface area (Å²) >= 11 is 0. The number of hydrogen-bond acceptors (Lipinski definition) is 5. The van der Waals surface area contributed by atoms with Crippen LogP contribution in [0.3, 0.4) is 0 Å². The molecule has 0 fully saturated rings. The van der Waals surface area contributed by atoms with Gasteiger partial charge in [-0.15, -0.1) is 6.58 Å². The molecule has 0 aromatic rings. The molecule has 0 aromatic carbocycles. The van der Waals surface area contributed by atoms with Crippen LogP contribution in [0.15, 0.2) is 41.1 Å². The Bertz CT molecular complexity index is 572. The largest absolute Gasteiger partial charge is 0.308 e. The Hall–Kier alpha value is -1.50. The van der Waals surface area contributed by atoms with Crippen LogP contribution < -0.4 is 16.1 Å². The third kappa shape index (κ3) is 10.5. The maximum Gasteiger partial charge on any atom is 0.122 e. The number of hydrogen-bond donors (Lipinski definition) is 3. The Morgan fingerprint density at radius 2 is 2.20 bits per heavy atom. The molecule has 0 bridgehead atoms. The van der Waals surface area contributed by atoms with Crippen molar-refractivity contribution in [2.75, 3.05) is 20.3 Å². The van der Waals surface area contributed by atoms with Gasteiger partial charge in [-0.2, -0.15) is 0 Å². The van der Waals surface area contributed by atoms with Gasteiger partial charge in [0.15, 0.2) is 0 Å². The Labute approximate surface area is 183 Å². The van der Waals surface area contributed by atoms with Gasteiger partial charge in [0.2, 0.25) is 0 Å². The van der Waals surface area contributed by atoms with Crippen molar-refractivity contribution in [2.45, 2.75) is 84.5 Å². The molecule has 0 aliphatic carbocycles. The molecule has 4 atom stereocenters. The van der Waals surface area contributed by atoms with Gasteiger partial charge in [0.25, 0.3) is 0 Å². The van der Waals surface area contributed by atoms with Crippen LogP contribution in [0.5, 0.6) is 0 Å². The van der Waals surface area contributed by atoms with E-state index in [1.54, 1.807) is 0 Å². The fraction of sp³-hybridized carbons (Fsp3) is 0.708. The normalized spacial score (nSPS) is 20.9. The predicted octanol–water partition coefficient (Wildman–Crippen LogP) is 4.71. The summed E-state index contributed by atoms with van der Waals surface area (Å²) in [5.74, 6) is 0.384. The van der Waals surface area contributed by atoms with E-state index < -0.39 is 6.17 Å². The van der Waals surface area contributed by atoms with Gasteiger partial charge >= 0.3 is 0 Å². The maximum atomic E-state index is 14.5. The van der Waals surface area contributed by atoms with Crippen LogP contribution in [-0.2, 0) is 0 Å². The summed E-state index contributed by atoms with van der Waals surface area (Å²) in [6, 6.07) is 0.464. The number of halogens is 1. The second-order valence-corrected chi connectivity index (χ2v) is 8.38. The zero-order valence-corrected chi connectivity index (χ0v) is 19.8. The van der Waals surface area contributed by atoms with Crippen molar-refractivity contribution < 1.29 is 4.39 Å². The van der Waals surface area contributed by atoms with Crippen molar-refractivity contribution in [1.29, 1.82) is 0 Å². The van der Waals surface area contributed by atoms with Gasteiger partial charge in [-0.05, 0) is 64.5 Å². The van der Waals surface area contributed by atoms with E-state index in [0.29, 0.717) is 25.0 Å². The summed E-state index contributed by atoms with van der Waals surface area (Å²) in [7, 11) is 1.88. The molecule has 5 nitrogen and oxygen atoms in total. The number of aliphatic imine (C=N–C) groups is 1. The van der Waals surface area contributed by atoms with Crippen LogP contribution in [0.1, 0.15) is 66.2 Å². The van der Waals surface area contributed by atoms with Gasteiger partial charge < -0.3 is 10.6 Å². The van der Waals surface area contributed by atoms with Crippen LogP contribution in [-0.4, -0.2) is 49.9 Å². The lowest BCUT2D eigenvalue weighted by molar-refractivity contribution is 0.317. The molecule has 172 valence electrons. The predicted molar refractivity (Wildman–Crippen MR) is 128 cm³/mol. The lowest BCUT2D eigenvalue weighted by atomic mass is 9.96. The molecule has 0 saturated carbocycles. The van der Waals surface area contributed by atoms with E-state index in [1.165, 1.54) is 5.70 Å². The van der Waals surface area contributed by atoms with Crippen LogP contribution >= 0.6 is 0 Å². The van der Waals surface area contributed by atoms with Crippen molar-refractivity contribution in [1.82, 2.24) is 21.1 Å². The summed E-state index contributed by atoms with van der Waals surface area (Å²) in [4.78, 5) is 4.72. The molecule has 4 unspecified atom stereocenters. The maximum absolute atomic E-state index is 14.5. The van der Waals surface area contributed by atoms with Crippen molar-refractivity contribution in [3.63, 3.8) is 0 Å². The number of nitrogens with one attached hydrogen (secondary N) is 3. The molecule has 0 radical (unpaired) electrons. The van der Waals surface area contributed by atoms with Gasteiger partial charge in [0.05, 0.1) is 6.04 Å². The summed E-state index contributed by atoms with van der Waals surface area (Å²) < 4.78 is 14.5. The zero-order chi connectivity index (χ0) is 22.4. The number of hydrazine groups is 1. The van der Waals surface area contributed by atoms with Gasteiger partial charge in [-0.25, -0.2) is 9.82 Å². The van der Waals surface area contributed by atoms with Crippen LogP contribution in [0.25, 0.3) is 0 Å². The molecule has 1 heterocycles. The van der Waals surface area contributed by atoms with E-state index in [-0.39, 0.29) is 6.04 Å². The van der Waals surface area contributed by atoms with Crippen LogP contribution in [0.2, 0.25) is 0 Å². The lowest BCUT2D eigenvalue weighted by Crippen LogP contribution is -2.44. The van der Waals surface area contributed by atoms with Crippen LogP contribution in [0.4, 0.5) is 4.39 Å². The molecule has 30 heavy (non-hydrogen) atoms. The van der Waals surface area contributed by atoms with Gasteiger partial charge in [-0.3, -0.25) is 10.0 Å². The Balaban J connectivity index is 2.37. The number of rotatable bonds is 15. The van der Waals surface area contributed by atoms with E-state index in [9.17, 15) is 4.39 Å². The quantitative estimate of drug-likeness (QED) is 0.265. The molecule has 6 heteroatoms. The first-order valence-corrected chi connectivity index (χ1v) is 11.5. The topological polar surface area (TPSA) is 51.7 Å². The number of alkyl halides is 1. The van der Waals surface area contributed by atoms with Crippen molar-refractivity contribution in [3.05, 3.63) is 36.1 Å². The molecule has 1 aliphatic rings. The average molecular weight is 422 g/mol. The molecular weight excluding hydrogens is 377 g/mol. The first-order valence-electron chi connectivity index (χ1n) is 11.5. The number of nitrogens with zero attached hydrogens (tertiary/aromatic N) is 2. The SMILES string of the molecule is C=CCC=C(CC)N1C=NC(CCCC(C)C=C(C)C(F)CC(C)NCNC)CN1. The first kappa shape index (κ1) is 26.5. The minimum absolute atomic E-state index is 0.155. The number of allylic oxidation sites excluding steroid dienone is 5. The molecule has 0 saturated heterocycles. The van der Waals surface area contributed by atoms with E-state index in [0.717, 1.165) is 44.2 Å². The van der Waals surface area contributed by atoms with Gasteiger partial charge in [0.1, 0.15) is 12.5 Å². The van der Waals surface area contributed by atoms with E-state index in [2.05, 4.69) is 48.6 Å². The van der Waals surface area contributed by atoms with Crippen molar-refractivity contribution in [2.24, 2.45) is 10.9 Å². The van der Waals surface area contributed by atoms with Gasteiger partial charge in [0, 0.05) is 25.0 Å². The highest BCUT2D eigenvalue weighted by molar-refractivity contribution is 5.58. The second-order valence-electron chi connectivity index (χ2n) is 8.38. The van der Waals surface area contributed by atoms with Gasteiger partial charge in [-0.1, -0.05) is 38.5 Å². The third-order valence-electron chi connectivity index (χ3n) is 5.51. The Kier molecular flexibility index (Phi) is 13.6. The van der Waals surface area contributed by atoms with E-state index in [1.807, 2.05) is 38.3 Å². The van der Waals surface area contributed by atoms with Crippen molar-refractivity contribution >= 4 is 6.34 Å². The summed E-state index contributed by atoms with van der Waals surface area (Å²) in [5.41, 5.74) is 5.53. The third-order valence-corrected chi connectivity index (χ3v) is 5.51. The second kappa shape index (κ2) is 15.3. The average Bonchev–Trinajstić information content (AvgIpc) is 2.73. The minimum atomic E-state index is -0.883. The smallest absolute Gasteiger partial charge is 0.122 e. The fourth-order valence-electron chi connectivity index (χ4n) is 3.61. The highest BCUT2D eigenvalue weighted by atomic mass is 19.1. The van der Waals surface area contributed by atoms with Crippen molar-refractivity contribution in [3.8, 4) is 0 Å². The molecule has 3 N–H and O–H groups in total. The molecule has 1 aliphatic heterocycles. The Morgan fingerprint density at radius 1 is 1.43 bits per heavy atom.